The number of rotatable bonds is 5. The second kappa shape index (κ2) is 9.77. The fourth-order valence-corrected chi connectivity index (χ4v) is 5.45. The molecule has 0 bridgehead atoms. The minimum atomic E-state index is -0.346. The highest BCUT2D eigenvalue weighted by molar-refractivity contribution is 7.80. The van der Waals surface area contributed by atoms with Crippen LogP contribution in [-0.4, -0.2) is 16.0 Å². The van der Waals surface area contributed by atoms with E-state index in [1.165, 1.54) is 16.9 Å². The van der Waals surface area contributed by atoms with Crippen LogP contribution in [0.25, 0.3) is 32.6 Å². The highest BCUT2D eigenvalue weighted by Gasteiger charge is 2.18. The van der Waals surface area contributed by atoms with Gasteiger partial charge in [-0.1, -0.05) is 55.8 Å². The first-order valence-corrected chi connectivity index (χ1v) is 12.8. The van der Waals surface area contributed by atoms with Crippen molar-refractivity contribution in [1.29, 1.82) is 0 Å². The predicted octanol–water partition coefficient (Wildman–Crippen LogP) is 8.00. The Morgan fingerprint density at radius 2 is 1.97 bits per heavy atom. The topological polar surface area (TPSA) is 67.2 Å². The maximum atomic E-state index is 12.8. The van der Waals surface area contributed by atoms with E-state index in [0.29, 0.717) is 27.4 Å². The zero-order valence-corrected chi connectivity index (χ0v) is 21.5. The smallest absolute Gasteiger partial charge is 0.269 e. The number of carbonyl (C=O) groups excluding carboxylic acids is 1. The Bertz CT molecular complexity index is 1570. The van der Waals surface area contributed by atoms with Gasteiger partial charge in [0.25, 0.3) is 5.91 Å². The summed E-state index contributed by atoms with van der Waals surface area (Å²) in [7, 11) is 0. The summed E-state index contributed by atoms with van der Waals surface area (Å²) in [6.07, 6.45) is 1.06. The molecule has 2 aromatic heterocycles. The number of nitrogens with zero attached hydrogens (tertiary/aromatic N) is 1. The highest BCUT2D eigenvalue weighted by atomic mass is 35.5. The summed E-state index contributed by atoms with van der Waals surface area (Å²) in [5.41, 5.74) is 4.33. The van der Waals surface area contributed by atoms with Gasteiger partial charge in [0.2, 0.25) is 5.89 Å². The number of thiophene rings is 1. The van der Waals surface area contributed by atoms with Gasteiger partial charge in [0, 0.05) is 21.3 Å². The molecule has 2 heterocycles. The van der Waals surface area contributed by atoms with Gasteiger partial charge >= 0.3 is 0 Å². The molecule has 0 aliphatic rings. The number of benzene rings is 3. The minimum Gasteiger partial charge on any atom is -0.436 e. The summed E-state index contributed by atoms with van der Waals surface area (Å²) in [6, 6.07) is 21.3. The summed E-state index contributed by atoms with van der Waals surface area (Å²) in [4.78, 5) is 17.9. The maximum absolute atomic E-state index is 12.8. The quantitative estimate of drug-likeness (QED) is 0.230. The molecule has 35 heavy (non-hydrogen) atoms. The van der Waals surface area contributed by atoms with Gasteiger partial charge in [-0.05, 0) is 66.5 Å². The van der Waals surface area contributed by atoms with E-state index in [-0.39, 0.29) is 11.0 Å². The molecule has 0 aliphatic carbocycles. The van der Waals surface area contributed by atoms with Gasteiger partial charge in [-0.2, -0.15) is 0 Å². The molecule has 0 fully saturated rings. The SMILES string of the molecule is CC[C@H](C)c1ccc2oc(-c3cccc(NC(=S)NC(=O)c4sc5ccccc5c4Cl)c3)nc2c1. The number of fused-ring (bicyclic) bond motifs is 2. The summed E-state index contributed by atoms with van der Waals surface area (Å²) in [5, 5.41) is 7.24. The summed E-state index contributed by atoms with van der Waals surface area (Å²) < 4.78 is 6.94. The van der Waals surface area contributed by atoms with Crippen LogP contribution in [0, 0.1) is 0 Å². The van der Waals surface area contributed by atoms with Crippen LogP contribution in [0.4, 0.5) is 5.69 Å². The Morgan fingerprint density at radius 3 is 2.77 bits per heavy atom. The lowest BCUT2D eigenvalue weighted by atomic mass is 9.98. The molecule has 0 aliphatic heterocycles. The molecule has 0 saturated carbocycles. The number of nitrogens with one attached hydrogen (secondary N) is 2. The van der Waals surface area contributed by atoms with Crippen LogP contribution in [0.2, 0.25) is 5.02 Å². The van der Waals surface area contributed by atoms with Crippen LogP contribution < -0.4 is 10.6 Å². The normalized spacial score (nSPS) is 12.1. The predicted molar refractivity (Wildman–Crippen MR) is 149 cm³/mol. The average molecular weight is 520 g/mol. The fraction of sp³-hybridized carbons (Fsp3) is 0.148. The van der Waals surface area contributed by atoms with Gasteiger partial charge in [-0.25, -0.2) is 4.98 Å². The van der Waals surface area contributed by atoms with Crippen molar-refractivity contribution in [3.63, 3.8) is 0 Å². The molecule has 2 N–H and O–H groups in total. The molecule has 0 spiro atoms. The Hall–Kier alpha value is -3.26. The van der Waals surface area contributed by atoms with Crippen molar-refractivity contribution in [2.45, 2.75) is 26.2 Å². The largest absolute Gasteiger partial charge is 0.436 e. The van der Waals surface area contributed by atoms with E-state index in [1.54, 1.807) is 0 Å². The van der Waals surface area contributed by atoms with Gasteiger partial charge in [0.15, 0.2) is 10.7 Å². The Morgan fingerprint density at radius 1 is 1.14 bits per heavy atom. The van der Waals surface area contributed by atoms with Crippen molar-refractivity contribution in [2.75, 3.05) is 5.32 Å². The zero-order valence-electron chi connectivity index (χ0n) is 19.1. The highest BCUT2D eigenvalue weighted by Crippen LogP contribution is 2.35. The lowest BCUT2D eigenvalue weighted by Gasteiger charge is -2.09. The van der Waals surface area contributed by atoms with Crippen molar-refractivity contribution in [2.24, 2.45) is 0 Å². The van der Waals surface area contributed by atoms with E-state index in [9.17, 15) is 4.79 Å². The molecule has 176 valence electrons. The number of halogens is 1. The van der Waals surface area contributed by atoms with E-state index < -0.39 is 0 Å². The Labute approximate surface area is 217 Å². The molecular formula is C27H22ClN3O2S2. The Kier molecular flexibility index (Phi) is 6.56. The summed E-state index contributed by atoms with van der Waals surface area (Å²) in [6.45, 7) is 4.37. The van der Waals surface area contributed by atoms with Crippen LogP contribution >= 0.6 is 35.2 Å². The number of aromatic nitrogens is 1. The second-order valence-corrected chi connectivity index (χ2v) is 10.1. The van der Waals surface area contributed by atoms with E-state index in [1.807, 2.05) is 54.6 Å². The first-order valence-electron chi connectivity index (χ1n) is 11.2. The van der Waals surface area contributed by atoms with Gasteiger partial charge in [-0.15, -0.1) is 11.3 Å². The molecule has 0 unspecified atom stereocenters. The number of hydrogen-bond donors (Lipinski definition) is 2. The van der Waals surface area contributed by atoms with Gasteiger partial charge in [-0.3, -0.25) is 10.1 Å². The lowest BCUT2D eigenvalue weighted by molar-refractivity contribution is 0.0982. The number of anilines is 1. The molecule has 5 rings (SSSR count). The number of hydrogen-bond acceptors (Lipinski definition) is 5. The molecule has 1 amide bonds. The van der Waals surface area contributed by atoms with Crippen molar-refractivity contribution < 1.29 is 9.21 Å². The Balaban J connectivity index is 1.32. The third kappa shape index (κ3) is 4.80. The number of thiocarbonyl (C=S) groups is 1. The monoisotopic (exact) mass is 519 g/mol. The van der Waals surface area contributed by atoms with Crippen molar-refractivity contribution in [3.05, 3.63) is 82.2 Å². The van der Waals surface area contributed by atoms with Gasteiger partial charge in [0.1, 0.15) is 10.4 Å². The van der Waals surface area contributed by atoms with Crippen LogP contribution in [-0.2, 0) is 0 Å². The van der Waals surface area contributed by atoms with Gasteiger partial charge < -0.3 is 9.73 Å². The molecule has 8 heteroatoms. The first kappa shape index (κ1) is 23.5. The average Bonchev–Trinajstić information content (AvgIpc) is 3.44. The first-order chi connectivity index (χ1) is 16.9. The van der Waals surface area contributed by atoms with Gasteiger partial charge in [0.05, 0.1) is 5.02 Å². The molecule has 1 atom stereocenters. The molecule has 0 saturated heterocycles. The number of oxazole rings is 1. The third-order valence-corrected chi connectivity index (χ3v) is 7.81. The fourth-order valence-electron chi connectivity index (χ4n) is 3.82. The number of amides is 1. The van der Waals surface area contributed by atoms with E-state index >= 15 is 0 Å². The lowest BCUT2D eigenvalue weighted by Crippen LogP contribution is -2.33. The van der Waals surface area contributed by atoms with Crippen molar-refractivity contribution in [3.8, 4) is 11.5 Å². The zero-order chi connectivity index (χ0) is 24.5. The van der Waals surface area contributed by atoms with Crippen molar-refractivity contribution >= 4 is 73.0 Å². The second-order valence-electron chi connectivity index (χ2n) is 8.29. The maximum Gasteiger partial charge on any atom is 0.269 e. The van der Waals surface area contributed by atoms with Crippen LogP contribution in [0.15, 0.2) is 71.1 Å². The standard InChI is InChI=1S/C27H22ClN3O2S2/c1-3-15(2)16-11-12-21-20(14-16)30-26(33-21)17-7-6-8-18(13-17)29-27(34)31-25(32)24-23(28)19-9-4-5-10-22(19)35-24/h4-15H,3H2,1-2H3,(H2,29,31,32,34)/t15-/m0/s1. The summed E-state index contributed by atoms with van der Waals surface area (Å²) >= 11 is 13.1. The number of carbonyl (C=O) groups is 1. The van der Waals surface area contributed by atoms with Crippen LogP contribution in [0.1, 0.15) is 41.4 Å². The van der Waals surface area contributed by atoms with E-state index in [4.69, 9.17) is 28.2 Å². The minimum absolute atomic E-state index is 0.177. The molecule has 5 aromatic rings. The molecule has 3 aromatic carbocycles. The van der Waals surface area contributed by atoms with Crippen LogP contribution in [0.3, 0.4) is 0 Å². The van der Waals surface area contributed by atoms with Crippen LogP contribution in [0.5, 0.6) is 0 Å². The third-order valence-electron chi connectivity index (χ3n) is 5.93. The molecule has 5 nitrogen and oxygen atoms in total. The summed E-state index contributed by atoms with van der Waals surface area (Å²) in [5.74, 6) is 0.642. The van der Waals surface area contributed by atoms with Crippen molar-refractivity contribution in [1.82, 2.24) is 10.3 Å². The molecular weight excluding hydrogens is 498 g/mol. The van der Waals surface area contributed by atoms with E-state index in [2.05, 4.69) is 41.6 Å². The van der Waals surface area contributed by atoms with E-state index in [0.717, 1.165) is 33.2 Å². The molecule has 0 radical (unpaired) electrons.